The van der Waals surface area contributed by atoms with Crippen LogP contribution >= 0.6 is 0 Å². The molecule has 0 saturated carbocycles. The summed E-state index contributed by atoms with van der Waals surface area (Å²) in [6, 6.07) is 5.53. The fourth-order valence-electron chi connectivity index (χ4n) is 4.28. The zero-order chi connectivity index (χ0) is 40.4. The molecule has 0 saturated heterocycles. The van der Waals surface area contributed by atoms with E-state index in [2.05, 4.69) is 21.3 Å². The minimum Gasteiger partial charge on any atom is -0.378 e. The molecule has 0 spiro atoms. The number of benzene rings is 1. The standard InChI is InChI=1S/C37H65N5O13/c1-29(2)35(37(46)40-31(4)36(45)41-32-7-5-30(3)6-8-32)42-34(44)28-55-27-33(43)39-10-12-48-14-16-50-18-20-52-22-24-54-26-25-53-23-21-51-19-17-49-15-13-47-11-9-38/h5-8,29,31,35H,9-28,38H2,1-4H3,(H,39,43)(H,40,46)(H,41,45)(H,42,44)/t31-,35-/m0/s1. The van der Waals surface area contributed by atoms with Gasteiger partial charge in [-0.05, 0) is 31.9 Å². The zero-order valence-corrected chi connectivity index (χ0v) is 33.1. The van der Waals surface area contributed by atoms with Crippen molar-refractivity contribution in [1.29, 1.82) is 0 Å². The van der Waals surface area contributed by atoms with Gasteiger partial charge in [0.1, 0.15) is 25.3 Å². The lowest BCUT2D eigenvalue weighted by Gasteiger charge is -2.23. The molecule has 18 heteroatoms. The quantitative estimate of drug-likeness (QED) is 0.0556. The maximum Gasteiger partial charge on any atom is 0.246 e. The Hall–Kier alpha value is -3.30. The first-order valence-corrected chi connectivity index (χ1v) is 18.8. The van der Waals surface area contributed by atoms with Crippen LogP contribution in [0.3, 0.4) is 0 Å². The largest absolute Gasteiger partial charge is 0.378 e. The van der Waals surface area contributed by atoms with Crippen molar-refractivity contribution >= 4 is 29.3 Å². The van der Waals surface area contributed by atoms with Gasteiger partial charge in [-0.3, -0.25) is 19.2 Å². The molecule has 0 aliphatic heterocycles. The summed E-state index contributed by atoms with van der Waals surface area (Å²) in [5, 5.41) is 10.6. The fourth-order valence-corrected chi connectivity index (χ4v) is 4.28. The van der Waals surface area contributed by atoms with Gasteiger partial charge in [0.15, 0.2) is 0 Å². The lowest BCUT2D eigenvalue weighted by molar-refractivity contribution is -0.135. The number of ether oxygens (including phenoxy) is 9. The molecule has 0 aromatic heterocycles. The van der Waals surface area contributed by atoms with Crippen LogP contribution in [0.5, 0.6) is 0 Å². The van der Waals surface area contributed by atoms with Crippen molar-refractivity contribution in [2.24, 2.45) is 11.7 Å². The van der Waals surface area contributed by atoms with Gasteiger partial charge in [-0.1, -0.05) is 31.5 Å². The van der Waals surface area contributed by atoms with E-state index in [1.54, 1.807) is 32.9 Å². The third kappa shape index (κ3) is 28.7. The molecule has 1 aromatic carbocycles. The molecule has 0 unspecified atom stereocenters. The molecule has 0 bridgehead atoms. The summed E-state index contributed by atoms with van der Waals surface area (Å²) in [6.45, 7) is 14.3. The number of carbonyl (C=O) groups is 4. The van der Waals surface area contributed by atoms with E-state index in [0.29, 0.717) is 111 Å². The van der Waals surface area contributed by atoms with Crippen LogP contribution < -0.4 is 27.0 Å². The van der Waals surface area contributed by atoms with Crippen LogP contribution in [0.15, 0.2) is 24.3 Å². The van der Waals surface area contributed by atoms with Crippen molar-refractivity contribution < 1.29 is 61.8 Å². The molecule has 55 heavy (non-hydrogen) atoms. The number of anilines is 1. The van der Waals surface area contributed by atoms with E-state index in [1.165, 1.54) is 0 Å². The van der Waals surface area contributed by atoms with Crippen LogP contribution in [0.1, 0.15) is 26.3 Å². The van der Waals surface area contributed by atoms with Crippen LogP contribution in [0.4, 0.5) is 5.69 Å². The molecular weight excluding hydrogens is 722 g/mol. The van der Waals surface area contributed by atoms with Crippen molar-refractivity contribution in [3.63, 3.8) is 0 Å². The normalized spacial score (nSPS) is 12.3. The highest BCUT2D eigenvalue weighted by Gasteiger charge is 2.27. The predicted molar refractivity (Wildman–Crippen MR) is 204 cm³/mol. The first-order chi connectivity index (χ1) is 26.6. The number of nitrogens with one attached hydrogen (secondary N) is 4. The van der Waals surface area contributed by atoms with E-state index in [9.17, 15) is 19.2 Å². The van der Waals surface area contributed by atoms with Crippen LogP contribution in [0.2, 0.25) is 0 Å². The van der Waals surface area contributed by atoms with Crippen LogP contribution in [-0.2, 0) is 61.8 Å². The van der Waals surface area contributed by atoms with Gasteiger partial charge < -0.3 is 69.6 Å². The highest BCUT2D eigenvalue weighted by atomic mass is 16.6. The Bertz CT molecular complexity index is 1150. The lowest BCUT2D eigenvalue weighted by atomic mass is 10.0. The second kappa shape index (κ2) is 34.0. The molecule has 1 aromatic rings. The second-order valence-corrected chi connectivity index (χ2v) is 12.4. The van der Waals surface area contributed by atoms with Gasteiger partial charge in [-0.15, -0.1) is 0 Å². The summed E-state index contributed by atoms with van der Waals surface area (Å²) >= 11 is 0. The van der Waals surface area contributed by atoms with Crippen LogP contribution in [0.25, 0.3) is 0 Å². The number of aryl methyl sites for hydroxylation is 1. The van der Waals surface area contributed by atoms with E-state index in [1.807, 2.05) is 19.1 Å². The lowest BCUT2D eigenvalue weighted by Crippen LogP contribution is -2.54. The van der Waals surface area contributed by atoms with Gasteiger partial charge >= 0.3 is 0 Å². The van der Waals surface area contributed by atoms with Gasteiger partial charge in [0.25, 0.3) is 0 Å². The van der Waals surface area contributed by atoms with E-state index >= 15 is 0 Å². The van der Waals surface area contributed by atoms with Gasteiger partial charge in [0, 0.05) is 18.8 Å². The fraction of sp³-hybridized carbons (Fsp3) is 0.730. The van der Waals surface area contributed by atoms with Crippen molar-refractivity contribution in [2.75, 3.05) is 137 Å². The molecule has 4 amide bonds. The Kier molecular flexibility index (Phi) is 30.7. The van der Waals surface area contributed by atoms with Gasteiger partial charge in [-0.25, -0.2) is 0 Å². The smallest absolute Gasteiger partial charge is 0.246 e. The Morgan fingerprint density at radius 3 is 1.40 bits per heavy atom. The zero-order valence-electron chi connectivity index (χ0n) is 33.1. The first kappa shape index (κ1) is 49.7. The SMILES string of the molecule is Cc1ccc(NC(=O)[C@H](C)NC(=O)[C@@H](NC(=O)COCC(=O)NCCOCCOCCOCCOCCOCCOCCOCCOCCN)C(C)C)cc1. The van der Waals surface area contributed by atoms with Crippen molar-refractivity contribution in [3.8, 4) is 0 Å². The van der Waals surface area contributed by atoms with Crippen molar-refractivity contribution in [2.45, 2.75) is 39.8 Å². The molecule has 2 atom stereocenters. The average Bonchev–Trinajstić information content (AvgIpc) is 3.15. The summed E-state index contributed by atoms with van der Waals surface area (Å²) in [5.41, 5.74) is 6.99. The molecule has 0 fully saturated rings. The number of nitrogens with two attached hydrogens (primary N) is 1. The van der Waals surface area contributed by atoms with Crippen LogP contribution in [0, 0.1) is 12.8 Å². The van der Waals surface area contributed by atoms with E-state index in [-0.39, 0.29) is 25.7 Å². The number of carbonyl (C=O) groups excluding carboxylic acids is 4. The third-order valence-electron chi connectivity index (χ3n) is 7.24. The molecule has 6 N–H and O–H groups in total. The Morgan fingerprint density at radius 2 is 0.964 bits per heavy atom. The van der Waals surface area contributed by atoms with Crippen LogP contribution in [-0.4, -0.2) is 168 Å². The number of hydrogen-bond donors (Lipinski definition) is 5. The summed E-state index contributed by atoms with van der Waals surface area (Å²) in [5.74, 6) is -2.16. The molecular formula is C37H65N5O13. The minimum absolute atomic E-state index is 0.254. The Balaban J connectivity index is 1.93. The minimum atomic E-state index is -0.905. The second-order valence-electron chi connectivity index (χ2n) is 12.4. The van der Waals surface area contributed by atoms with Crippen molar-refractivity contribution in [3.05, 3.63) is 29.8 Å². The topological polar surface area (TPSA) is 225 Å². The maximum absolute atomic E-state index is 12.8. The summed E-state index contributed by atoms with van der Waals surface area (Å²) in [6.07, 6.45) is 0. The number of hydrogen-bond acceptors (Lipinski definition) is 14. The third-order valence-corrected chi connectivity index (χ3v) is 7.24. The summed E-state index contributed by atoms with van der Waals surface area (Å²) in [7, 11) is 0. The van der Waals surface area contributed by atoms with E-state index in [0.717, 1.165) is 5.56 Å². The first-order valence-electron chi connectivity index (χ1n) is 18.8. The number of rotatable bonds is 36. The predicted octanol–water partition coefficient (Wildman–Crippen LogP) is -0.197. The van der Waals surface area contributed by atoms with Gasteiger partial charge in [0.05, 0.1) is 106 Å². The van der Waals surface area contributed by atoms with Gasteiger partial charge in [-0.2, -0.15) is 0 Å². The highest BCUT2D eigenvalue weighted by Crippen LogP contribution is 2.09. The molecule has 316 valence electrons. The summed E-state index contributed by atoms with van der Waals surface area (Å²) < 4.78 is 48.4. The number of amides is 4. The van der Waals surface area contributed by atoms with E-state index < -0.39 is 42.3 Å². The van der Waals surface area contributed by atoms with E-state index in [4.69, 9.17) is 48.4 Å². The van der Waals surface area contributed by atoms with Gasteiger partial charge in [0.2, 0.25) is 23.6 Å². The highest BCUT2D eigenvalue weighted by molar-refractivity contribution is 5.98. The monoisotopic (exact) mass is 787 g/mol. The molecule has 0 aliphatic rings. The Morgan fingerprint density at radius 1 is 0.545 bits per heavy atom. The molecule has 0 heterocycles. The molecule has 18 nitrogen and oxygen atoms in total. The molecule has 1 rings (SSSR count). The van der Waals surface area contributed by atoms with Crippen molar-refractivity contribution in [1.82, 2.24) is 16.0 Å². The molecule has 0 radical (unpaired) electrons. The average molecular weight is 788 g/mol. The Labute approximate surface area is 325 Å². The maximum atomic E-state index is 12.8. The molecule has 0 aliphatic carbocycles. The summed E-state index contributed by atoms with van der Waals surface area (Å²) in [4.78, 5) is 49.8.